The fourth-order valence-electron chi connectivity index (χ4n) is 1.33. The van der Waals surface area contributed by atoms with Gasteiger partial charge in [-0.25, -0.2) is 0 Å². The minimum absolute atomic E-state index is 0.420. The number of hydrogen-bond acceptors (Lipinski definition) is 3. The highest BCUT2D eigenvalue weighted by molar-refractivity contribution is 6.66. The topological polar surface area (TPSA) is 29.5 Å². The zero-order valence-corrected chi connectivity index (χ0v) is 8.46. The van der Waals surface area contributed by atoms with Gasteiger partial charge in [0.2, 0.25) is 5.24 Å². The van der Waals surface area contributed by atoms with Crippen LogP contribution in [0.3, 0.4) is 0 Å². The van der Waals surface area contributed by atoms with Crippen LogP contribution >= 0.6 is 11.6 Å². The molecule has 0 bridgehead atoms. The molecule has 74 valence electrons. The molecule has 0 aromatic carbocycles. The van der Waals surface area contributed by atoms with Gasteiger partial charge in [-0.3, -0.25) is 9.69 Å². The minimum Gasteiger partial charge on any atom is -0.380 e. The predicted octanol–water partition coefficient (Wildman–Crippen LogP) is 1.03. The van der Waals surface area contributed by atoms with Crippen molar-refractivity contribution in [1.29, 1.82) is 0 Å². The smallest absolute Gasteiger partial charge is 0.244 e. The van der Waals surface area contributed by atoms with Gasteiger partial charge >= 0.3 is 0 Å². The molecule has 1 atom stereocenters. The molecule has 13 heavy (non-hydrogen) atoms. The third kappa shape index (κ3) is 3.89. The first-order valence-electron chi connectivity index (χ1n) is 4.34. The maximum Gasteiger partial charge on any atom is 0.244 e. The van der Waals surface area contributed by atoms with Crippen LogP contribution in [-0.4, -0.2) is 43.0 Å². The minimum atomic E-state index is -0.420. The molecule has 1 saturated heterocycles. The van der Waals surface area contributed by atoms with Gasteiger partial charge in [0.15, 0.2) is 0 Å². The number of ether oxygens (including phenoxy) is 1. The van der Waals surface area contributed by atoms with Crippen LogP contribution in [0.25, 0.3) is 0 Å². The Hall–Kier alpha value is -0.380. The number of allylic oxidation sites excluding steroid dienone is 1. The lowest BCUT2D eigenvalue weighted by atomic mass is 10.2. The first-order valence-corrected chi connectivity index (χ1v) is 4.72. The van der Waals surface area contributed by atoms with Crippen molar-refractivity contribution in [1.82, 2.24) is 4.90 Å². The van der Waals surface area contributed by atoms with Gasteiger partial charge in [-0.1, -0.05) is 6.08 Å². The molecule has 3 nitrogen and oxygen atoms in total. The van der Waals surface area contributed by atoms with Crippen LogP contribution in [0.4, 0.5) is 0 Å². The van der Waals surface area contributed by atoms with E-state index in [1.165, 1.54) is 6.08 Å². The highest BCUT2D eigenvalue weighted by Crippen LogP contribution is 2.09. The lowest BCUT2D eigenvalue weighted by molar-refractivity contribution is -0.107. The summed E-state index contributed by atoms with van der Waals surface area (Å²) in [5.41, 5.74) is 0. The second kappa shape index (κ2) is 5.37. The van der Waals surface area contributed by atoms with Crippen molar-refractivity contribution in [2.45, 2.75) is 12.5 Å². The van der Waals surface area contributed by atoms with Crippen LogP contribution in [0.2, 0.25) is 0 Å². The number of rotatable bonds is 4. The van der Waals surface area contributed by atoms with Crippen LogP contribution in [0.5, 0.6) is 0 Å². The molecular weight excluding hydrogens is 190 g/mol. The molecule has 0 aromatic rings. The fraction of sp³-hybridized carbons (Fsp3) is 0.667. The number of carbonyl (C=O) groups excluding carboxylic acids is 1. The van der Waals surface area contributed by atoms with E-state index in [1.807, 2.05) is 7.05 Å². The zero-order chi connectivity index (χ0) is 9.68. The molecule has 0 spiro atoms. The Balaban J connectivity index is 2.23. The summed E-state index contributed by atoms with van der Waals surface area (Å²) in [5.74, 6) is 0. The summed E-state index contributed by atoms with van der Waals surface area (Å²) in [6.45, 7) is 2.37. The second-order valence-corrected chi connectivity index (χ2v) is 3.54. The van der Waals surface area contributed by atoms with Crippen LogP contribution in [0.15, 0.2) is 12.2 Å². The van der Waals surface area contributed by atoms with Crippen molar-refractivity contribution in [3.63, 3.8) is 0 Å². The van der Waals surface area contributed by atoms with E-state index in [0.29, 0.717) is 6.04 Å². The summed E-state index contributed by atoms with van der Waals surface area (Å²) in [7, 11) is 2.02. The predicted molar refractivity (Wildman–Crippen MR) is 51.9 cm³/mol. The lowest BCUT2D eigenvalue weighted by Gasteiger charge is -2.20. The van der Waals surface area contributed by atoms with E-state index in [9.17, 15) is 4.79 Å². The number of likely N-dealkylation sites (N-methyl/N-ethyl adjacent to an activating group) is 1. The van der Waals surface area contributed by atoms with Gasteiger partial charge < -0.3 is 4.74 Å². The molecule has 0 aliphatic carbocycles. The van der Waals surface area contributed by atoms with E-state index >= 15 is 0 Å². The van der Waals surface area contributed by atoms with Crippen LogP contribution < -0.4 is 0 Å². The highest BCUT2D eigenvalue weighted by atomic mass is 35.5. The molecule has 0 amide bonds. The Kier molecular flexibility index (Phi) is 4.42. The summed E-state index contributed by atoms with van der Waals surface area (Å²) >= 11 is 5.15. The van der Waals surface area contributed by atoms with E-state index in [0.717, 1.165) is 26.2 Å². The zero-order valence-electron chi connectivity index (χ0n) is 7.70. The van der Waals surface area contributed by atoms with Gasteiger partial charge in [-0.05, 0) is 31.1 Å². The van der Waals surface area contributed by atoms with Gasteiger partial charge in [-0.2, -0.15) is 0 Å². The van der Waals surface area contributed by atoms with Gasteiger partial charge in [-0.15, -0.1) is 0 Å². The van der Waals surface area contributed by atoms with Gasteiger partial charge in [0.05, 0.1) is 6.61 Å². The van der Waals surface area contributed by atoms with Crippen molar-refractivity contribution in [3.8, 4) is 0 Å². The first kappa shape index (κ1) is 10.7. The Morgan fingerprint density at radius 1 is 1.77 bits per heavy atom. The van der Waals surface area contributed by atoms with Crippen LogP contribution in [0, 0.1) is 0 Å². The van der Waals surface area contributed by atoms with Crippen molar-refractivity contribution < 1.29 is 9.53 Å². The van der Waals surface area contributed by atoms with E-state index in [4.69, 9.17) is 16.3 Å². The van der Waals surface area contributed by atoms with Crippen molar-refractivity contribution in [2.24, 2.45) is 0 Å². The Morgan fingerprint density at radius 3 is 3.08 bits per heavy atom. The Morgan fingerprint density at radius 2 is 2.54 bits per heavy atom. The highest BCUT2D eigenvalue weighted by Gasteiger charge is 2.18. The first-order chi connectivity index (χ1) is 6.20. The van der Waals surface area contributed by atoms with Crippen molar-refractivity contribution in [3.05, 3.63) is 12.2 Å². The Bertz CT molecular complexity index is 200. The van der Waals surface area contributed by atoms with Crippen LogP contribution in [0.1, 0.15) is 6.42 Å². The number of carbonyl (C=O) groups is 1. The number of hydrogen-bond donors (Lipinski definition) is 0. The normalized spacial score (nSPS) is 23.2. The Labute approximate surface area is 83.3 Å². The largest absolute Gasteiger partial charge is 0.380 e. The summed E-state index contributed by atoms with van der Waals surface area (Å²) in [4.78, 5) is 12.5. The fourth-order valence-corrected chi connectivity index (χ4v) is 1.42. The summed E-state index contributed by atoms with van der Waals surface area (Å²) in [5, 5.41) is -0.420. The third-order valence-electron chi connectivity index (χ3n) is 2.17. The SMILES string of the molecule is CN(C/C=C/C(=O)Cl)[C@@H]1CCOC1. The van der Waals surface area contributed by atoms with E-state index in [-0.39, 0.29) is 0 Å². The maximum absolute atomic E-state index is 10.4. The standard InChI is InChI=1S/C9H14ClNO2/c1-11(5-2-3-9(10)12)8-4-6-13-7-8/h2-3,8H,4-7H2,1H3/b3-2+/t8-/m1/s1. The van der Waals surface area contributed by atoms with E-state index < -0.39 is 5.24 Å². The summed E-state index contributed by atoms with van der Waals surface area (Å²) < 4.78 is 5.25. The molecule has 4 heteroatoms. The second-order valence-electron chi connectivity index (χ2n) is 3.16. The van der Waals surface area contributed by atoms with Gasteiger partial charge in [0.25, 0.3) is 0 Å². The molecule has 1 aliphatic rings. The average Bonchev–Trinajstić information content (AvgIpc) is 2.55. The molecule has 0 saturated carbocycles. The number of nitrogens with zero attached hydrogens (tertiary/aromatic N) is 1. The molecule has 0 unspecified atom stereocenters. The molecule has 0 aromatic heterocycles. The lowest BCUT2D eigenvalue weighted by Crippen LogP contribution is -2.31. The molecule has 1 fully saturated rings. The maximum atomic E-state index is 10.4. The van der Waals surface area contributed by atoms with E-state index in [2.05, 4.69) is 4.90 Å². The van der Waals surface area contributed by atoms with E-state index in [1.54, 1.807) is 6.08 Å². The summed E-state index contributed by atoms with van der Waals surface area (Å²) in [6.07, 6.45) is 4.22. The van der Waals surface area contributed by atoms with Crippen LogP contribution in [-0.2, 0) is 9.53 Å². The molecular formula is C9H14ClNO2. The third-order valence-corrected chi connectivity index (χ3v) is 2.30. The van der Waals surface area contributed by atoms with Gasteiger partial charge in [0.1, 0.15) is 0 Å². The molecule has 0 radical (unpaired) electrons. The number of halogens is 1. The monoisotopic (exact) mass is 203 g/mol. The van der Waals surface area contributed by atoms with Crippen molar-refractivity contribution >= 4 is 16.8 Å². The molecule has 0 N–H and O–H groups in total. The molecule has 1 heterocycles. The summed E-state index contributed by atoms with van der Waals surface area (Å²) in [6, 6.07) is 0.482. The molecule has 1 rings (SSSR count). The van der Waals surface area contributed by atoms with Crippen molar-refractivity contribution in [2.75, 3.05) is 26.8 Å². The quantitative estimate of drug-likeness (QED) is 0.505. The van der Waals surface area contributed by atoms with Gasteiger partial charge in [0, 0.05) is 19.2 Å². The molecule has 1 aliphatic heterocycles. The average molecular weight is 204 g/mol.